The molecule has 0 bridgehead atoms. The van der Waals surface area contributed by atoms with E-state index in [1.54, 1.807) is 0 Å². The molecule has 0 aromatic heterocycles. The summed E-state index contributed by atoms with van der Waals surface area (Å²) < 4.78 is 24.0. The van der Waals surface area contributed by atoms with Crippen LogP contribution in [0.15, 0.2) is 42.5 Å². The van der Waals surface area contributed by atoms with Crippen LogP contribution >= 0.6 is 0 Å². The van der Waals surface area contributed by atoms with Gasteiger partial charge in [-0.1, -0.05) is 18.2 Å². The second-order valence-corrected chi connectivity index (χ2v) is 6.95. The van der Waals surface area contributed by atoms with Gasteiger partial charge in [-0.25, -0.2) is 0 Å². The molecule has 5 heteroatoms. The minimum absolute atomic E-state index is 0.364. The third kappa shape index (κ3) is 2.31. The van der Waals surface area contributed by atoms with Crippen molar-refractivity contribution in [3.8, 4) is 23.0 Å². The molecule has 2 aromatic carbocycles. The maximum absolute atomic E-state index is 6.09. The zero-order valence-electron chi connectivity index (χ0n) is 13.8. The first-order valence-electron chi connectivity index (χ1n) is 7.80. The Kier molecular flexibility index (Phi) is 3.02. The molecule has 1 saturated heterocycles. The van der Waals surface area contributed by atoms with Crippen molar-refractivity contribution >= 4 is 12.6 Å². The van der Waals surface area contributed by atoms with E-state index in [0.29, 0.717) is 17.2 Å². The highest BCUT2D eigenvalue weighted by atomic mass is 16.7. The van der Waals surface area contributed by atoms with Gasteiger partial charge >= 0.3 is 7.12 Å². The first kappa shape index (κ1) is 14.6. The lowest BCUT2D eigenvalue weighted by molar-refractivity contribution is 0.00578. The van der Waals surface area contributed by atoms with E-state index in [-0.39, 0.29) is 11.2 Å². The number of para-hydroxylation sites is 2. The number of hydrogen-bond donors (Lipinski definition) is 0. The van der Waals surface area contributed by atoms with Crippen molar-refractivity contribution in [2.75, 3.05) is 0 Å². The smallest absolute Gasteiger partial charge is 0.450 e. The molecular weight excluding hydrogens is 291 g/mol. The predicted molar refractivity (Wildman–Crippen MR) is 88.7 cm³/mol. The fraction of sp³-hybridized carbons (Fsp3) is 0.333. The Hall–Kier alpha value is -1.98. The molecule has 2 aromatic rings. The predicted octanol–water partition coefficient (Wildman–Crippen LogP) is 3.88. The highest BCUT2D eigenvalue weighted by Gasteiger charge is 2.51. The molecule has 4 rings (SSSR count). The summed E-state index contributed by atoms with van der Waals surface area (Å²) in [6.45, 7) is 8.17. The van der Waals surface area contributed by atoms with Crippen LogP contribution in [-0.2, 0) is 9.31 Å². The standard InChI is InChI=1S/C18H19BO4/c1-17(2)18(3,4)23-19(22-17)12-9-10-15-16(11-12)21-14-8-6-5-7-13(14)20-15/h5-11H,1-4H3. The Balaban J connectivity index is 1.65. The zero-order valence-corrected chi connectivity index (χ0v) is 13.8. The molecule has 0 amide bonds. The van der Waals surface area contributed by atoms with E-state index in [0.717, 1.165) is 11.2 Å². The van der Waals surface area contributed by atoms with Gasteiger partial charge in [-0.3, -0.25) is 0 Å². The third-order valence-electron chi connectivity index (χ3n) is 4.78. The maximum atomic E-state index is 6.09. The molecule has 2 heterocycles. The molecule has 0 spiro atoms. The zero-order chi connectivity index (χ0) is 16.2. The van der Waals surface area contributed by atoms with Gasteiger partial charge in [0.05, 0.1) is 11.2 Å². The molecule has 0 N–H and O–H groups in total. The fourth-order valence-corrected chi connectivity index (χ4v) is 2.67. The van der Waals surface area contributed by atoms with Crippen LogP contribution in [0.25, 0.3) is 0 Å². The van der Waals surface area contributed by atoms with E-state index in [1.807, 2.05) is 70.2 Å². The summed E-state index contributed by atoms with van der Waals surface area (Å²) in [5.41, 5.74) is 0.195. The van der Waals surface area contributed by atoms with Gasteiger partial charge in [0.1, 0.15) is 0 Å². The highest BCUT2D eigenvalue weighted by molar-refractivity contribution is 6.62. The Labute approximate surface area is 136 Å². The van der Waals surface area contributed by atoms with Gasteiger partial charge in [-0.2, -0.15) is 0 Å². The van der Waals surface area contributed by atoms with Crippen LogP contribution in [0.5, 0.6) is 23.0 Å². The van der Waals surface area contributed by atoms with Gasteiger partial charge in [0.25, 0.3) is 0 Å². The van der Waals surface area contributed by atoms with Gasteiger partial charge in [-0.15, -0.1) is 0 Å². The first-order chi connectivity index (χ1) is 10.9. The SMILES string of the molecule is CC1(C)OB(c2ccc3c(c2)Oc2ccccc2O3)OC1(C)C. The average molecular weight is 310 g/mol. The van der Waals surface area contributed by atoms with E-state index in [4.69, 9.17) is 18.8 Å². The van der Waals surface area contributed by atoms with Crippen molar-refractivity contribution in [2.24, 2.45) is 0 Å². The maximum Gasteiger partial charge on any atom is 0.494 e. The van der Waals surface area contributed by atoms with E-state index in [2.05, 4.69) is 0 Å². The molecule has 1 fully saturated rings. The second kappa shape index (κ2) is 4.76. The Morgan fingerprint density at radius 2 is 1.22 bits per heavy atom. The third-order valence-corrected chi connectivity index (χ3v) is 4.78. The summed E-state index contributed by atoms with van der Waals surface area (Å²) in [5.74, 6) is 2.81. The van der Waals surface area contributed by atoms with Crippen LogP contribution in [-0.4, -0.2) is 18.3 Å². The molecule has 0 aliphatic carbocycles. The molecule has 0 saturated carbocycles. The van der Waals surface area contributed by atoms with Gasteiger partial charge in [0, 0.05) is 0 Å². The molecule has 0 atom stereocenters. The number of ether oxygens (including phenoxy) is 2. The van der Waals surface area contributed by atoms with Crippen molar-refractivity contribution in [2.45, 2.75) is 38.9 Å². The van der Waals surface area contributed by atoms with Gasteiger partial charge in [0.15, 0.2) is 23.0 Å². The van der Waals surface area contributed by atoms with Gasteiger partial charge < -0.3 is 18.8 Å². The lowest BCUT2D eigenvalue weighted by atomic mass is 9.79. The summed E-state index contributed by atoms with van der Waals surface area (Å²) in [6.07, 6.45) is 0. The van der Waals surface area contributed by atoms with E-state index < -0.39 is 7.12 Å². The Morgan fingerprint density at radius 1 is 0.696 bits per heavy atom. The molecule has 0 unspecified atom stereocenters. The van der Waals surface area contributed by atoms with Crippen molar-refractivity contribution in [3.05, 3.63) is 42.5 Å². The van der Waals surface area contributed by atoms with Crippen molar-refractivity contribution in [1.82, 2.24) is 0 Å². The second-order valence-electron chi connectivity index (χ2n) is 6.95. The highest BCUT2D eigenvalue weighted by Crippen LogP contribution is 2.44. The molecule has 2 aliphatic rings. The van der Waals surface area contributed by atoms with E-state index >= 15 is 0 Å². The summed E-state index contributed by atoms with van der Waals surface area (Å²) in [4.78, 5) is 0. The van der Waals surface area contributed by atoms with Crippen molar-refractivity contribution in [1.29, 1.82) is 0 Å². The quantitative estimate of drug-likeness (QED) is 0.639. The monoisotopic (exact) mass is 310 g/mol. The molecule has 4 nitrogen and oxygen atoms in total. The van der Waals surface area contributed by atoms with Crippen LogP contribution in [0.2, 0.25) is 0 Å². The van der Waals surface area contributed by atoms with Gasteiger partial charge in [-0.05, 0) is 57.4 Å². The lowest BCUT2D eigenvalue weighted by Crippen LogP contribution is -2.41. The van der Waals surface area contributed by atoms with Crippen molar-refractivity contribution < 1.29 is 18.8 Å². The minimum atomic E-state index is -0.411. The summed E-state index contributed by atoms with van der Waals surface area (Å²) in [6, 6.07) is 13.4. The summed E-state index contributed by atoms with van der Waals surface area (Å²) in [5, 5.41) is 0. The number of fused-ring (bicyclic) bond motifs is 2. The Bertz CT molecular complexity index is 753. The average Bonchev–Trinajstić information content (AvgIpc) is 2.73. The Morgan fingerprint density at radius 3 is 1.83 bits per heavy atom. The van der Waals surface area contributed by atoms with Gasteiger partial charge in [0.2, 0.25) is 0 Å². The van der Waals surface area contributed by atoms with Crippen LogP contribution in [0.1, 0.15) is 27.7 Å². The normalized spacial score (nSPS) is 20.3. The number of hydrogen-bond acceptors (Lipinski definition) is 4. The van der Waals surface area contributed by atoms with Crippen LogP contribution in [0.3, 0.4) is 0 Å². The molecular formula is C18H19BO4. The topological polar surface area (TPSA) is 36.9 Å². The molecule has 23 heavy (non-hydrogen) atoms. The molecule has 0 radical (unpaired) electrons. The largest absolute Gasteiger partial charge is 0.494 e. The minimum Gasteiger partial charge on any atom is -0.450 e. The van der Waals surface area contributed by atoms with E-state index in [9.17, 15) is 0 Å². The fourth-order valence-electron chi connectivity index (χ4n) is 2.67. The number of benzene rings is 2. The van der Waals surface area contributed by atoms with E-state index in [1.165, 1.54) is 0 Å². The van der Waals surface area contributed by atoms with Crippen LogP contribution < -0.4 is 14.9 Å². The number of rotatable bonds is 1. The first-order valence-corrected chi connectivity index (χ1v) is 7.80. The van der Waals surface area contributed by atoms with Crippen molar-refractivity contribution in [3.63, 3.8) is 0 Å². The van der Waals surface area contributed by atoms with Crippen LogP contribution in [0, 0.1) is 0 Å². The summed E-state index contributed by atoms with van der Waals surface area (Å²) in [7, 11) is -0.411. The lowest BCUT2D eigenvalue weighted by Gasteiger charge is -2.32. The molecule has 118 valence electrons. The van der Waals surface area contributed by atoms with Crippen LogP contribution in [0.4, 0.5) is 0 Å². The summed E-state index contributed by atoms with van der Waals surface area (Å²) >= 11 is 0. The molecule has 2 aliphatic heterocycles.